The molecule has 1 amide bonds. The monoisotopic (exact) mass is 276 g/mol. The minimum atomic E-state index is 0.0838. The average Bonchev–Trinajstić information content (AvgIpc) is 2.79. The van der Waals surface area contributed by atoms with Crippen molar-refractivity contribution in [3.63, 3.8) is 0 Å². The van der Waals surface area contributed by atoms with E-state index in [1.807, 2.05) is 0 Å². The van der Waals surface area contributed by atoms with E-state index in [2.05, 4.69) is 29.6 Å². The molecule has 1 N–H and O–H groups in total. The predicted octanol–water partition coefficient (Wildman–Crippen LogP) is 4.20. The van der Waals surface area contributed by atoms with Gasteiger partial charge in [0.05, 0.1) is 0 Å². The van der Waals surface area contributed by atoms with Crippen LogP contribution in [-0.4, -0.2) is 11.6 Å². The number of hydrogen-bond donors (Lipinski definition) is 1. The van der Waals surface area contributed by atoms with Crippen molar-refractivity contribution < 1.29 is 4.79 Å². The van der Waals surface area contributed by atoms with E-state index in [4.69, 9.17) is 0 Å². The Hall–Kier alpha value is -1.12. The van der Waals surface area contributed by atoms with Gasteiger partial charge in [0.15, 0.2) is 0 Å². The van der Waals surface area contributed by atoms with Gasteiger partial charge in [-0.2, -0.15) is 5.10 Å². The van der Waals surface area contributed by atoms with Gasteiger partial charge in [-0.1, -0.05) is 57.6 Å². The highest BCUT2D eigenvalue weighted by Gasteiger charge is 2.37. The van der Waals surface area contributed by atoms with E-state index in [1.54, 1.807) is 0 Å². The second-order valence-electron chi connectivity index (χ2n) is 6.15. The number of hydrazone groups is 1. The van der Waals surface area contributed by atoms with E-state index >= 15 is 0 Å². The summed E-state index contributed by atoms with van der Waals surface area (Å²) in [4.78, 5) is 11.7. The van der Waals surface area contributed by atoms with Crippen LogP contribution in [0.4, 0.5) is 0 Å². The number of unbranched alkanes of at least 4 members (excludes halogenated alkanes) is 6. The van der Waals surface area contributed by atoms with Gasteiger partial charge in [-0.15, -0.1) is 0 Å². The number of fused-ring (bicyclic) bond motifs is 1. The summed E-state index contributed by atoms with van der Waals surface area (Å²) in [5.41, 5.74) is 3.92. The Labute approximate surface area is 122 Å². The Morgan fingerprint density at radius 1 is 1.25 bits per heavy atom. The molecule has 0 saturated heterocycles. The van der Waals surface area contributed by atoms with Crippen LogP contribution in [0.2, 0.25) is 0 Å². The summed E-state index contributed by atoms with van der Waals surface area (Å²) < 4.78 is 0. The summed E-state index contributed by atoms with van der Waals surface area (Å²) in [6.07, 6.45) is 16.0. The van der Waals surface area contributed by atoms with Crippen molar-refractivity contribution >= 4 is 11.6 Å². The van der Waals surface area contributed by atoms with Gasteiger partial charge in [-0.25, -0.2) is 5.43 Å². The molecule has 112 valence electrons. The molecule has 0 aromatic heterocycles. The summed E-state index contributed by atoms with van der Waals surface area (Å²) >= 11 is 0. The lowest BCUT2D eigenvalue weighted by Gasteiger charge is -2.31. The SMILES string of the molecule is CCCCCCCCCC(=O)NN=C1CC2C=CCC12. The van der Waals surface area contributed by atoms with Gasteiger partial charge in [0.2, 0.25) is 5.91 Å². The molecule has 3 heteroatoms. The molecule has 2 unspecified atom stereocenters. The third-order valence-corrected chi connectivity index (χ3v) is 4.49. The van der Waals surface area contributed by atoms with Gasteiger partial charge in [-0.3, -0.25) is 4.79 Å². The lowest BCUT2D eigenvalue weighted by atomic mass is 9.74. The lowest BCUT2D eigenvalue weighted by molar-refractivity contribution is -0.121. The molecule has 1 fully saturated rings. The third kappa shape index (κ3) is 4.46. The standard InChI is InChI=1S/C17H28N2O/c1-2-3-4-5-6-7-8-12-17(20)19-18-16-13-14-10-9-11-15(14)16/h9-10,14-15H,2-8,11-13H2,1H3,(H,19,20). The van der Waals surface area contributed by atoms with Gasteiger partial charge >= 0.3 is 0 Å². The Morgan fingerprint density at radius 3 is 2.75 bits per heavy atom. The van der Waals surface area contributed by atoms with E-state index < -0.39 is 0 Å². The fraction of sp³-hybridized carbons (Fsp3) is 0.765. The van der Waals surface area contributed by atoms with Crippen molar-refractivity contribution in [1.82, 2.24) is 5.43 Å². The number of nitrogens with one attached hydrogen (secondary N) is 1. The van der Waals surface area contributed by atoms with Crippen LogP contribution >= 0.6 is 0 Å². The molecular formula is C17H28N2O. The first-order valence-corrected chi connectivity index (χ1v) is 8.33. The number of amides is 1. The maximum Gasteiger partial charge on any atom is 0.240 e. The van der Waals surface area contributed by atoms with Crippen molar-refractivity contribution in [1.29, 1.82) is 0 Å². The number of hydrogen-bond acceptors (Lipinski definition) is 2. The smallest absolute Gasteiger partial charge is 0.240 e. The molecule has 0 radical (unpaired) electrons. The van der Waals surface area contributed by atoms with E-state index in [0.717, 1.165) is 19.3 Å². The van der Waals surface area contributed by atoms with Gasteiger partial charge in [-0.05, 0) is 25.2 Å². The second-order valence-corrected chi connectivity index (χ2v) is 6.15. The molecule has 20 heavy (non-hydrogen) atoms. The highest BCUT2D eigenvalue weighted by atomic mass is 16.2. The van der Waals surface area contributed by atoms with Crippen LogP contribution in [0.25, 0.3) is 0 Å². The van der Waals surface area contributed by atoms with E-state index in [9.17, 15) is 4.79 Å². The van der Waals surface area contributed by atoms with Crippen LogP contribution in [0, 0.1) is 11.8 Å². The molecule has 0 bridgehead atoms. The Morgan fingerprint density at radius 2 is 2.00 bits per heavy atom. The Balaban J connectivity index is 1.48. The van der Waals surface area contributed by atoms with Crippen molar-refractivity contribution in [2.24, 2.45) is 16.9 Å². The summed E-state index contributed by atoms with van der Waals surface area (Å²) in [5, 5.41) is 4.29. The molecule has 2 rings (SSSR count). The van der Waals surface area contributed by atoms with E-state index in [0.29, 0.717) is 18.3 Å². The molecule has 0 spiro atoms. The minimum Gasteiger partial charge on any atom is -0.273 e. The number of rotatable bonds is 9. The maximum atomic E-state index is 11.7. The van der Waals surface area contributed by atoms with Crippen molar-refractivity contribution in [3.8, 4) is 0 Å². The molecule has 0 aromatic carbocycles. The zero-order valence-electron chi connectivity index (χ0n) is 12.7. The Kier molecular flexibility index (Phi) is 6.28. The number of carbonyl (C=O) groups excluding carboxylic acids is 1. The zero-order valence-corrected chi connectivity index (χ0v) is 12.7. The quantitative estimate of drug-likeness (QED) is 0.383. The number of carbonyl (C=O) groups is 1. The van der Waals surface area contributed by atoms with Crippen LogP contribution in [-0.2, 0) is 4.79 Å². The molecule has 0 aromatic rings. The van der Waals surface area contributed by atoms with Gasteiger partial charge in [0.1, 0.15) is 0 Å². The van der Waals surface area contributed by atoms with Crippen LogP contribution in [0.3, 0.4) is 0 Å². The Bertz CT molecular complexity index is 373. The third-order valence-electron chi connectivity index (χ3n) is 4.49. The van der Waals surface area contributed by atoms with Crippen LogP contribution in [0.5, 0.6) is 0 Å². The second kappa shape index (κ2) is 8.23. The molecule has 2 aliphatic rings. The summed E-state index contributed by atoms with van der Waals surface area (Å²) in [5.74, 6) is 1.38. The molecule has 2 atom stereocenters. The van der Waals surface area contributed by atoms with Gasteiger partial charge in [0, 0.05) is 18.1 Å². The van der Waals surface area contributed by atoms with Crippen LogP contribution in [0.15, 0.2) is 17.3 Å². The highest BCUT2D eigenvalue weighted by molar-refractivity contribution is 5.94. The summed E-state index contributed by atoms with van der Waals surface area (Å²) in [7, 11) is 0. The predicted molar refractivity (Wildman–Crippen MR) is 83.5 cm³/mol. The summed E-state index contributed by atoms with van der Waals surface area (Å²) in [6, 6.07) is 0. The zero-order chi connectivity index (χ0) is 14.2. The average molecular weight is 276 g/mol. The van der Waals surface area contributed by atoms with Crippen molar-refractivity contribution in [3.05, 3.63) is 12.2 Å². The molecular weight excluding hydrogens is 248 g/mol. The van der Waals surface area contributed by atoms with E-state index in [1.165, 1.54) is 44.2 Å². The maximum absolute atomic E-state index is 11.7. The molecule has 2 aliphatic carbocycles. The minimum absolute atomic E-state index is 0.0838. The van der Waals surface area contributed by atoms with Gasteiger partial charge in [0.25, 0.3) is 0 Å². The first-order chi connectivity index (χ1) is 9.81. The fourth-order valence-electron chi connectivity index (χ4n) is 3.10. The molecule has 0 aliphatic heterocycles. The van der Waals surface area contributed by atoms with Crippen LogP contribution < -0.4 is 5.43 Å². The highest BCUT2D eigenvalue weighted by Crippen LogP contribution is 2.39. The number of nitrogens with zero attached hydrogens (tertiary/aromatic N) is 1. The first kappa shape index (κ1) is 15.3. The van der Waals surface area contributed by atoms with Crippen molar-refractivity contribution in [2.45, 2.75) is 71.1 Å². The van der Waals surface area contributed by atoms with Crippen molar-refractivity contribution in [2.75, 3.05) is 0 Å². The fourth-order valence-corrected chi connectivity index (χ4v) is 3.10. The molecule has 3 nitrogen and oxygen atoms in total. The van der Waals surface area contributed by atoms with E-state index in [-0.39, 0.29) is 5.91 Å². The van der Waals surface area contributed by atoms with Gasteiger partial charge < -0.3 is 0 Å². The van der Waals surface area contributed by atoms with Crippen LogP contribution in [0.1, 0.15) is 71.1 Å². The first-order valence-electron chi connectivity index (χ1n) is 8.33. The normalized spacial score (nSPS) is 25.6. The molecule has 0 heterocycles. The summed E-state index contributed by atoms with van der Waals surface area (Å²) in [6.45, 7) is 2.23. The number of allylic oxidation sites excluding steroid dienone is 2. The lowest BCUT2D eigenvalue weighted by Crippen LogP contribution is -2.35. The largest absolute Gasteiger partial charge is 0.273 e. The molecule has 1 saturated carbocycles. The topological polar surface area (TPSA) is 41.5 Å².